The highest BCUT2D eigenvalue weighted by atomic mass is 127. The van der Waals surface area contributed by atoms with Crippen LogP contribution >= 0.6 is 22.6 Å². The van der Waals surface area contributed by atoms with Gasteiger partial charge in [-0.2, -0.15) is 0 Å². The van der Waals surface area contributed by atoms with E-state index in [1.54, 1.807) is 28.2 Å². The Kier molecular flexibility index (Phi) is 7.22. The van der Waals surface area contributed by atoms with E-state index in [-0.39, 0.29) is 10.1 Å². The van der Waals surface area contributed by atoms with E-state index in [0.29, 0.717) is 10.8 Å². The monoisotopic (exact) mass is 540 g/mol. The van der Waals surface area contributed by atoms with Crippen molar-refractivity contribution in [3.8, 4) is 0 Å². The standard InChI is InChI=1S/C28H45IO2/c1-18(2)7-6-8-19(3)23-11-12-24-22-10-9-20-17-21(31-26(29)30)13-15-27(20,4)25(22)14-16-28(23,24)5/h9,18-19,21-25H,6-8,10-17H2,1-5H3/t19-,21+,22+,23-,24+,25?,27+,28-/m1/s1. The molecule has 0 aromatic rings. The molecule has 0 amide bonds. The van der Waals surface area contributed by atoms with Gasteiger partial charge in [0.25, 0.3) is 0 Å². The first-order valence-electron chi connectivity index (χ1n) is 13.2. The van der Waals surface area contributed by atoms with Crippen LogP contribution in [0.15, 0.2) is 11.6 Å². The normalized spacial score (nSPS) is 42.9. The number of ether oxygens (including phenoxy) is 1. The van der Waals surface area contributed by atoms with E-state index in [0.717, 1.165) is 48.3 Å². The van der Waals surface area contributed by atoms with Crippen molar-refractivity contribution < 1.29 is 9.53 Å². The van der Waals surface area contributed by atoms with Crippen LogP contribution in [0.2, 0.25) is 0 Å². The van der Waals surface area contributed by atoms with Gasteiger partial charge in [-0.15, -0.1) is 0 Å². The molecule has 0 saturated heterocycles. The molecule has 0 heterocycles. The van der Waals surface area contributed by atoms with Gasteiger partial charge in [-0.3, -0.25) is 0 Å². The van der Waals surface area contributed by atoms with Gasteiger partial charge in [-0.25, -0.2) is 4.79 Å². The molecule has 1 unspecified atom stereocenters. The summed E-state index contributed by atoms with van der Waals surface area (Å²) < 4.78 is 5.46. The number of carbonyl (C=O) groups excluding carboxylic acids is 1. The average Bonchev–Trinajstić information content (AvgIpc) is 3.05. The summed E-state index contributed by atoms with van der Waals surface area (Å²) in [6, 6.07) is 0. The van der Waals surface area contributed by atoms with E-state index >= 15 is 0 Å². The minimum absolute atomic E-state index is 0.108. The maximum absolute atomic E-state index is 11.5. The third-order valence-electron chi connectivity index (χ3n) is 10.5. The van der Waals surface area contributed by atoms with Crippen molar-refractivity contribution in [1.82, 2.24) is 0 Å². The first-order chi connectivity index (χ1) is 14.6. The second kappa shape index (κ2) is 9.29. The van der Waals surface area contributed by atoms with Gasteiger partial charge in [0.2, 0.25) is 0 Å². The molecule has 0 N–H and O–H groups in total. The van der Waals surface area contributed by atoms with Gasteiger partial charge in [0.15, 0.2) is 0 Å². The second-order valence-corrected chi connectivity index (χ2v) is 13.4. The number of allylic oxidation sites excluding steroid dienone is 1. The number of hydrogen-bond donors (Lipinski definition) is 0. The smallest absolute Gasteiger partial charge is 0.367 e. The molecule has 0 bridgehead atoms. The van der Waals surface area contributed by atoms with E-state index in [9.17, 15) is 4.79 Å². The fourth-order valence-corrected chi connectivity index (χ4v) is 9.24. The van der Waals surface area contributed by atoms with Crippen LogP contribution < -0.4 is 0 Å². The average molecular weight is 541 g/mol. The fraction of sp³-hybridized carbons (Fsp3) is 0.893. The van der Waals surface area contributed by atoms with E-state index in [2.05, 4.69) is 40.7 Å². The summed E-state index contributed by atoms with van der Waals surface area (Å²) in [5.74, 6) is 5.30. The Hall–Kier alpha value is -0.0600. The van der Waals surface area contributed by atoms with E-state index < -0.39 is 0 Å². The third kappa shape index (κ3) is 4.52. The van der Waals surface area contributed by atoms with Crippen LogP contribution in [0, 0.1) is 46.3 Å². The lowest BCUT2D eigenvalue weighted by Gasteiger charge is -2.58. The Bertz CT molecular complexity index is 699. The highest BCUT2D eigenvalue weighted by Gasteiger charge is 2.59. The van der Waals surface area contributed by atoms with Crippen LogP contribution in [0.25, 0.3) is 0 Å². The van der Waals surface area contributed by atoms with E-state index in [4.69, 9.17) is 4.74 Å². The molecule has 4 rings (SSSR count). The van der Waals surface area contributed by atoms with Crippen LogP contribution in [-0.2, 0) is 4.74 Å². The highest BCUT2D eigenvalue weighted by Crippen LogP contribution is 2.67. The lowest BCUT2D eigenvalue weighted by atomic mass is 9.47. The van der Waals surface area contributed by atoms with Crippen molar-refractivity contribution in [3.63, 3.8) is 0 Å². The maximum Gasteiger partial charge on any atom is 0.367 e. The summed E-state index contributed by atoms with van der Waals surface area (Å²) in [5, 5.41) is 0. The van der Waals surface area contributed by atoms with Gasteiger partial charge in [0, 0.05) is 6.42 Å². The van der Waals surface area contributed by atoms with Crippen LogP contribution in [0.3, 0.4) is 0 Å². The van der Waals surface area contributed by atoms with Crippen LogP contribution in [0.1, 0.15) is 105 Å². The predicted molar refractivity (Wildman–Crippen MR) is 137 cm³/mol. The molecule has 2 nitrogen and oxygen atoms in total. The SMILES string of the molecule is CC(C)CCC[C@@H](C)[C@H]1CC[C@H]2[C@@H]3CC=C4C[C@@H](OC(=O)I)CC[C@]4(C)C3CC[C@]12C. The molecule has 0 aromatic carbocycles. The van der Waals surface area contributed by atoms with Crippen LogP contribution in [0.5, 0.6) is 0 Å². The molecule has 8 atom stereocenters. The summed E-state index contributed by atoms with van der Waals surface area (Å²) in [5.41, 5.74) is 2.52. The van der Waals surface area contributed by atoms with Crippen molar-refractivity contribution in [3.05, 3.63) is 11.6 Å². The molecule has 3 saturated carbocycles. The molecule has 4 aliphatic rings. The molecule has 3 heteroatoms. The second-order valence-electron chi connectivity index (χ2n) is 12.5. The Labute approximate surface area is 204 Å². The molecule has 176 valence electrons. The summed E-state index contributed by atoms with van der Waals surface area (Å²) in [7, 11) is 0. The number of carbonyl (C=O) groups is 1. The summed E-state index contributed by atoms with van der Waals surface area (Å²) in [4.78, 5) is 11.5. The van der Waals surface area contributed by atoms with Gasteiger partial charge in [-0.1, -0.05) is 65.5 Å². The van der Waals surface area contributed by atoms with Gasteiger partial charge < -0.3 is 4.74 Å². The number of rotatable bonds is 6. The van der Waals surface area contributed by atoms with Crippen molar-refractivity contribution in [1.29, 1.82) is 0 Å². The van der Waals surface area contributed by atoms with Gasteiger partial charge in [0.05, 0.1) is 22.6 Å². The largest absolute Gasteiger partial charge is 0.455 e. The number of hydrogen-bond acceptors (Lipinski definition) is 2. The van der Waals surface area contributed by atoms with E-state index in [1.165, 1.54) is 57.8 Å². The molecular formula is C28H45IO2. The number of halogens is 1. The molecule has 3 fully saturated rings. The van der Waals surface area contributed by atoms with E-state index in [1.807, 2.05) is 0 Å². The fourth-order valence-electron chi connectivity index (χ4n) is 8.88. The Morgan fingerprint density at radius 3 is 2.58 bits per heavy atom. The zero-order valence-electron chi connectivity index (χ0n) is 20.6. The molecule has 4 aliphatic carbocycles. The van der Waals surface area contributed by atoms with Crippen molar-refractivity contribution >= 4 is 26.6 Å². The Balaban J connectivity index is 1.47. The summed E-state index contributed by atoms with van der Waals surface area (Å²) in [6.07, 6.45) is 17.2. The predicted octanol–water partition coefficient (Wildman–Crippen LogP) is 8.97. The van der Waals surface area contributed by atoms with Crippen LogP contribution in [0.4, 0.5) is 4.79 Å². The molecule has 31 heavy (non-hydrogen) atoms. The summed E-state index contributed by atoms with van der Waals surface area (Å²) >= 11 is 1.78. The topological polar surface area (TPSA) is 26.3 Å². The van der Waals surface area contributed by atoms with Gasteiger partial charge in [-0.05, 0) is 91.3 Å². The molecule has 0 aromatic heterocycles. The van der Waals surface area contributed by atoms with Crippen molar-refractivity contribution in [2.24, 2.45) is 46.3 Å². The minimum atomic E-state index is -0.145. The number of fused-ring (bicyclic) bond motifs is 5. The lowest BCUT2D eigenvalue weighted by molar-refractivity contribution is -0.0572. The Morgan fingerprint density at radius 2 is 1.87 bits per heavy atom. The molecule has 0 spiro atoms. The highest BCUT2D eigenvalue weighted by molar-refractivity contribution is 14.1. The molecule has 0 radical (unpaired) electrons. The first-order valence-corrected chi connectivity index (χ1v) is 14.3. The zero-order chi connectivity index (χ0) is 22.4. The molecular weight excluding hydrogens is 495 g/mol. The lowest BCUT2D eigenvalue weighted by Crippen LogP contribution is -2.51. The van der Waals surface area contributed by atoms with Crippen molar-refractivity contribution in [2.75, 3.05) is 0 Å². The minimum Gasteiger partial charge on any atom is -0.455 e. The van der Waals surface area contributed by atoms with Gasteiger partial charge in [0.1, 0.15) is 6.10 Å². The first kappa shape index (κ1) is 24.1. The maximum atomic E-state index is 11.5. The molecule has 0 aliphatic heterocycles. The zero-order valence-corrected chi connectivity index (χ0v) is 22.7. The van der Waals surface area contributed by atoms with Crippen molar-refractivity contribution in [2.45, 2.75) is 111 Å². The summed E-state index contributed by atoms with van der Waals surface area (Å²) in [6.45, 7) is 12.5. The quantitative estimate of drug-likeness (QED) is 0.191. The third-order valence-corrected chi connectivity index (χ3v) is 10.8. The Morgan fingerprint density at radius 1 is 1.10 bits per heavy atom. The van der Waals surface area contributed by atoms with Crippen LogP contribution in [-0.4, -0.2) is 10.1 Å². The van der Waals surface area contributed by atoms with Gasteiger partial charge >= 0.3 is 3.98 Å².